The first kappa shape index (κ1) is 23.2. The van der Waals surface area contributed by atoms with Crippen LogP contribution >= 0.6 is 0 Å². The Balaban J connectivity index is 0. The molecule has 0 aliphatic rings. The van der Waals surface area contributed by atoms with Crippen molar-refractivity contribution in [3.8, 4) is 0 Å². The molecule has 0 aromatic rings. The van der Waals surface area contributed by atoms with Gasteiger partial charge in [0.25, 0.3) is 0 Å². The number of hydrogen-bond donors (Lipinski definition) is 0. The van der Waals surface area contributed by atoms with Crippen LogP contribution in [0.3, 0.4) is 0 Å². The Kier molecular flexibility index (Phi) is 90.9. The SMILES string of the molecule is [Br-].[I-].[Rb+].[Rb+]. The monoisotopic (exact) mass is 376 g/mol. The fraction of sp³-hybridized carbons (Fsp3) is 0. The van der Waals surface area contributed by atoms with Gasteiger partial charge in [-0.05, 0) is 0 Å². The van der Waals surface area contributed by atoms with E-state index < -0.39 is 0 Å². The van der Waals surface area contributed by atoms with Crippen molar-refractivity contribution in [2.45, 2.75) is 0 Å². The van der Waals surface area contributed by atoms with Crippen LogP contribution in [0.2, 0.25) is 0 Å². The Morgan fingerprint density at radius 1 is 0.750 bits per heavy atom. The molecular weight excluding hydrogens is 378 g/mol. The summed E-state index contributed by atoms with van der Waals surface area (Å²) in [6, 6.07) is 0. The van der Waals surface area contributed by atoms with Crippen molar-refractivity contribution in [1.29, 1.82) is 0 Å². The van der Waals surface area contributed by atoms with E-state index in [9.17, 15) is 0 Å². The first-order valence-corrected chi connectivity index (χ1v) is 0. The van der Waals surface area contributed by atoms with Gasteiger partial charge in [0, 0.05) is 0 Å². The van der Waals surface area contributed by atoms with E-state index in [2.05, 4.69) is 0 Å². The zero-order valence-corrected chi connectivity index (χ0v) is 16.3. The van der Waals surface area contributed by atoms with Crippen LogP contribution in [0, 0.1) is 0 Å². The third-order valence-corrected chi connectivity index (χ3v) is 0. The van der Waals surface area contributed by atoms with Crippen molar-refractivity contribution >= 4 is 0 Å². The summed E-state index contributed by atoms with van der Waals surface area (Å²) in [5.41, 5.74) is 0. The summed E-state index contributed by atoms with van der Waals surface area (Å²) >= 11 is 0. The maximum atomic E-state index is 0. The molecular formula is BrIRb2. The molecule has 0 aliphatic heterocycles. The Bertz CT molecular complexity index is 6.00. The molecule has 0 saturated carbocycles. The standard InChI is InChI=1S/BrH.HI.2Rb/h2*1H;;/q;;2*+1/p-2. The van der Waals surface area contributed by atoms with Crippen molar-refractivity contribution in [2.24, 2.45) is 0 Å². The smallest absolute Gasteiger partial charge is 1.00 e. The summed E-state index contributed by atoms with van der Waals surface area (Å²) in [6.07, 6.45) is 0. The minimum absolute atomic E-state index is 0. The van der Waals surface area contributed by atoms with Crippen molar-refractivity contribution < 1.29 is 157 Å². The normalized spacial score (nSPS) is 0. The van der Waals surface area contributed by atoms with Gasteiger partial charge in [-0.3, -0.25) is 0 Å². The van der Waals surface area contributed by atoms with Crippen molar-refractivity contribution in [3.63, 3.8) is 0 Å². The van der Waals surface area contributed by atoms with Gasteiger partial charge >= 0.3 is 116 Å². The van der Waals surface area contributed by atoms with Gasteiger partial charge in [0.1, 0.15) is 0 Å². The van der Waals surface area contributed by atoms with E-state index in [1.54, 1.807) is 0 Å². The number of hydrogen-bond acceptors (Lipinski definition) is 0. The van der Waals surface area contributed by atoms with Gasteiger partial charge < -0.3 is 41.0 Å². The molecule has 0 fully saturated rings. The molecule has 4 heteroatoms. The molecule has 0 nitrogen and oxygen atoms in total. The molecule has 4 heavy (non-hydrogen) atoms. The van der Waals surface area contributed by atoms with E-state index in [0.29, 0.717) is 0 Å². The number of rotatable bonds is 0. The average Bonchev–Trinajstić information content (AvgIpc) is 0. The average molecular weight is 378 g/mol. The molecule has 0 rings (SSSR count). The summed E-state index contributed by atoms with van der Waals surface area (Å²) < 4.78 is 0. The summed E-state index contributed by atoms with van der Waals surface area (Å²) in [6.45, 7) is 0. The van der Waals surface area contributed by atoms with E-state index in [0.717, 1.165) is 0 Å². The van der Waals surface area contributed by atoms with Gasteiger partial charge in [0.05, 0.1) is 0 Å². The van der Waals surface area contributed by atoms with E-state index >= 15 is 0 Å². The van der Waals surface area contributed by atoms with Crippen LogP contribution in [0.25, 0.3) is 0 Å². The molecule has 0 aliphatic carbocycles. The van der Waals surface area contributed by atoms with Crippen LogP contribution < -0.4 is 157 Å². The van der Waals surface area contributed by atoms with Gasteiger partial charge in [-0.2, -0.15) is 0 Å². The zero-order valence-electron chi connectivity index (χ0n) is 2.76. The molecule has 0 heterocycles. The Hall–Kier alpha value is 4.82. The molecule has 0 N–H and O–H groups in total. The van der Waals surface area contributed by atoms with Crippen molar-refractivity contribution in [3.05, 3.63) is 0 Å². The predicted octanol–water partition coefficient (Wildman–Crippen LogP) is -12.0. The van der Waals surface area contributed by atoms with Crippen LogP contribution in [0.5, 0.6) is 0 Å². The number of halogens is 2. The first-order chi connectivity index (χ1) is 0. The van der Waals surface area contributed by atoms with E-state index in [4.69, 9.17) is 0 Å². The second-order valence-electron chi connectivity index (χ2n) is 0. The minimum Gasteiger partial charge on any atom is -1.00 e. The van der Waals surface area contributed by atoms with Crippen LogP contribution in [0.1, 0.15) is 0 Å². The largest absolute Gasteiger partial charge is 1.00 e. The quantitative estimate of drug-likeness (QED) is 0.368. The second kappa shape index (κ2) is 15.7. The molecule has 16 valence electrons. The van der Waals surface area contributed by atoms with E-state index in [1.807, 2.05) is 0 Å². The summed E-state index contributed by atoms with van der Waals surface area (Å²) in [4.78, 5) is 0. The third kappa shape index (κ3) is 9.94. The van der Waals surface area contributed by atoms with Gasteiger partial charge in [0.2, 0.25) is 0 Å². The van der Waals surface area contributed by atoms with Gasteiger partial charge in [0.15, 0.2) is 0 Å². The fourth-order valence-corrected chi connectivity index (χ4v) is 0. The molecule has 0 aromatic heterocycles. The van der Waals surface area contributed by atoms with E-state index in [-0.39, 0.29) is 157 Å². The maximum Gasteiger partial charge on any atom is 1.00 e. The van der Waals surface area contributed by atoms with Crippen LogP contribution in [0.15, 0.2) is 0 Å². The molecule has 0 bridgehead atoms. The van der Waals surface area contributed by atoms with Gasteiger partial charge in [-0.25, -0.2) is 0 Å². The Morgan fingerprint density at radius 3 is 0.750 bits per heavy atom. The molecule has 0 atom stereocenters. The fourth-order valence-electron chi connectivity index (χ4n) is 0. The summed E-state index contributed by atoms with van der Waals surface area (Å²) in [5.74, 6) is 0. The van der Waals surface area contributed by atoms with Crippen LogP contribution in [-0.2, 0) is 0 Å². The van der Waals surface area contributed by atoms with Crippen molar-refractivity contribution in [2.75, 3.05) is 0 Å². The topological polar surface area (TPSA) is 0 Å². The third-order valence-electron chi connectivity index (χ3n) is 0. The second-order valence-corrected chi connectivity index (χ2v) is 0. The van der Waals surface area contributed by atoms with E-state index in [1.165, 1.54) is 0 Å². The van der Waals surface area contributed by atoms with Crippen LogP contribution in [-0.4, -0.2) is 0 Å². The van der Waals surface area contributed by atoms with Gasteiger partial charge in [-0.15, -0.1) is 0 Å². The summed E-state index contributed by atoms with van der Waals surface area (Å²) in [5, 5.41) is 0. The molecule has 0 unspecified atom stereocenters. The Labute approximate surface area is 152 Å². The molecule has 0 amide bonds. The molecule has 0 saturated heterocycles. The predicted molar refractivity (Wildman–Crippen MR) is 0 cm³/mol. The maximum absolute atomic E-state index is 0. The van der Waals surface area contributed by atoms with Crippen molar-refractivity contribution in [1.82, 2.24) is 0 Å². The molecule has 0 spiro atoms. The minimum atomic E-state index is 0. The van der Waals surface area contributed by atoms with Crippen LogP contribution in [0.4, 0.5) is 0 Å². The molecule has 0 aromatic carbocycles. The van der Waals surface area contributed by atoms with Gasteiger partial charge in [-0.1, -0.05) is 0 Å². The summed E-state index contributed by atoms with van der Waals surface area (Å²) in [7, 11) is 0. The first-order valence-electron chi connectivity index (χ1n) is 0. The Morgan fingerprint density at radius 2 is 0.750 bits per heavy atom. The molecule has 0 radical (unpaired) electrons. The zero-order chi connectivity index (χ0) is 0.